The molecule has 4 unspecified atom stereocenters. The first-order valence-corrected chi connectivity index (χ1v) is 12.7. The van der Waals surface area contributed by atoms with Crippen molar-refractivity contribution in [3.05, 3.63) is 36.3 Å². The molecule has 2 aliphatic heterocycles. The van der Waals surface area contributed by atoms with Gasteiger partial charge in [-0.3, -0.25) is 9.59 Å². The first-order valence-electron chi connectivity index (χ1n) is 12.7. The molecule has 7 nitrogen and oxygen atoms in total. The highest BCUT2D eigenvalue weighted by Crippen LogP contribution is 2.79. The molecule has 35 heavy (non-hydrogen) atoms. The number of allylic oxidation sites excluding steroid dienone is 2. The molecule has 0 amide bonds. The Balaban J connectivity index is 1.56. The standard InChI is InChI=1S/C28H34O7/c1-15(29)33-20-13-18-24(2,3)10-8-19(30)26(18,5)17-7-11-25(4)21(16-9-12-32-14-16)34-23(31)22-28(25,35-22)27(17,20)6/h8-10,12,14,17-18,20-22H,7,11,13H2,1-6H3/t17?,18?,20-,21+,22?,25+,26-,27+,28?/m1/s1. The number of fused-ring (bicyclic) bond motifs is 3. The van der Waals surface area contributed by atoms with E-state index in [1.807, 2.05) is 12.1 Å². The number of carbonyl (C=O) groups excluding carboxylic acids is 3. The highest BCUT2D eigenvalue weighted by Gasteiger charge is 2.88. The van der Waals surface area contributed by atoms with Crippen LogP contribution >= 0.6 is 0 Å². The van der Waals surface area contributed by atoms with Gasteiger partial charge in [-0.2, -0.15) is 0 Å². The Kier molecular flexibility index (Phi) is 4.38. The van der Waals surface area contributed by atoms with Crippen molar-refractivity contribution >= 4 is 17.7 Å². The second kappa shape index (κ2) is 6.67. The van der Waals surface area contributed by atoms with Gasteiger partial charge in [-0.05, 0) is 48.7 Å². The van der Waals surface area contributed by atoms with E-state index < -0.39 is 46.1 Å². The third-order valence-electron chi connectivity index (χ3n) is 10.8. The Morgan fingerprint density at radius 3 is 2.49 bits per heavy atom. The summed E-state index contributed by atoms with van der Waals surface area (Å²) in [6.07, 6.45) is 7.12. The normalized spacial score (nSPS) is 49.1. The van der Waals surface area contributed by atoms with Crippen molar-refractivity contribution in [3.8, 4) is 0 Å². The molecule has 6 rings (SSSR count). The van der Waals surface area contributed by atoms with Crippen LogP contribution in [0.25, 0.3) is 0 Å². The zero-order valence-electron chi connectivity index (χ0n) is 21.3. The minimum atomic E-state index is -0.917. The molecule has 0 radical (unpaired) electrons. The van der Waals surface area contributed by atoms with Crippen LogP contribution in [-0.2, 0) is 28.6 Å². The first-order chi connectivity index (χ1) is 16.3. The maximum Gasteiger partial charge on any atom is 0.339 e. The molecule has 5 aliphatic rings. The van der Waals surface area contributed by atoms with Crippen LogP contribution in [0.1, 0.15) is 72.5 Å². The zero-order valence-corrected chi connectivity index (χ0v) is 21.3. The third-order valence-corrected chi connectivity index (χ3v) is 10.8. The van der Waals surface area contributed by atoms with Gasteiger partial charge < -0.3 is 18.6 Å². The Labute approximate surface area is 205 Å². The molecule has 9 atom stereocenters. The van der Waals surface area contributed by atoms with Crippen molar-refractivity contribution in [2.75, 3.05) is 0 Å². The topological polar surface area (TPSA) is 95.3 Å². The van der Waals surface area contributed by atoms with Crippen molar-refractivity contribution in [2.45, 2.75) is 84.7 Å². The van der Waals surface area contributed by atoms with Crippen LogP contribution in [0.2, 0.25) is 0 Å². The summed E-state index contributed by atoms with van der Waals surface area (Å²) in [4.78, 5) is 39.4. The Morgan fingerprint density at radius 2 is 1.83 bits per heavy atom. The van der Waals surface area contributed by atoms with Gasteiger partial charge >= 0.3 is 11.9 Å². The first kappa shape index (κ1) is 23.0. The van der Waals surface area contributed by atoms with Crippen LogP contribution in [0.5, 0.6) is 0 Å². The molecule has 0 bridgehead atoms. The second-order valence-electron chi connectivity index (χ2n) is 12.6. The summed E-state index contributed by atoms with van der Waals surface area (Å²) >= 11 is 0. The molecular weight excluding hydrogens is 448 g/mol. The van der Waals surface area contributed by atoms with Crippen LogP contribution < -0.4 is 0 Å². The lowest BCUT2D eigenvalue weighted by atomic mass is 9.35. The van der Waals surface area contributed by atoms with E-state index in [4.69, 9.17) is 18.6 Å². The van der Waals surface area contributed by atoms with Gasteiger partial charge in [0, 0.05) is 28.7 Å². The van der Waals surface area contributed by atoms with Crippen LogP contribution in [0, 0.1) is 33.5 Å². The Morgan fingerprint density at radius 1 is 1.09 bits per heavy atom. The molecule has 3 aliphatic carbocycles. The molecule has 2 saturated carbocycles. The number of ketones is 1. The van der Waals surface area contributed by atoms with Crippen LogP contribution in [-0.4, -0.2) is 35.5 Å². The van der Waals surface area contributed by atoms with E-state index in [1.165, 1.54) is 6.92 Å². The number of carbonyl (C=O) groups is 3. The maximum atomic E-state index is 13.7. The molecule has 1 aromatic rings. The van der Waals surface area contributed by atoms with Crippen LogP contribution in [0.4, 0.5) is 0 Å². The minimum Gasteiger partial charge on any atom is -0.472 e. The number of ether oxygens (including phenoxy) is 3. The van der Waals surface area contributed by atoms with Gasteiger partial charge in [0.15, 0.2) is 11.9 Å². The maximum absolute atomic E-state index is 13.7. The smallest absolute Gasteiger partial charge is 0.339 e. The lowest BCUT2D eigenvalue weighted by Crippen LogP contribution is -2.73. The fraction of sp³-hybridized carbons (Fsp3) is 0.679. The molecule has 4 fully saturated rings. The quantitative estimate of drug-likeness (QED) is 0.450. The molecule has 3 heterocycles. The van der Waals surface area contributed by atoms with Crippen LogP contribution in [0.15, 0.2) is 35.2 Å². The number of rotatable bonds is 2. The average molecular weight is 483 g/mol. The van der Waals surface area contributed by atoms with E-state index >= 15 is 0 Å². The highest BCUT2D eigenvalue weighted by molar-refractivity contribution is 5.96. The number of epoxide rings is 1. The molecule has 0 aromatic carbocycles. The summed E-state index contributed by atoms with van der Waals surface area (Å²) in [6, 6.07) is 1.83. The molecule has 7 heteroatoms. The largest absolute Gasteiger partial charge is 0.472 e. The highest BCUT2D eigenvalue weighted by atomic mass is 16.7. The zero-order chi connectivity index (χ0) is 25.2. The number of esters is 2. The predicted octanol–water partition coefficient (Wildman–Crippen LogP) is 4.56. The van der Waals surface area contributed by atoms with E-state index in [0.29, 0.717) is 12.8 Å². The predicted molar refractivity (Wildman–Crippen MR) is 124 cm³/mol. The lowest BCUT2D eigenvalue weighted by molar-refractivity contribution is -0.253. The molecule has 1 spiro atoms. The second-order valence-corrected chi connectivity index (χ2v) is 12.6. The fourth-order valence-electron chi connectivity index (χ4n) is 9.22. The number of hydrogen-bond acceptors (Lipinski definition) is 7. The van der Waals surface area contributed by atoms with Gasteiger partial charge in [0.1, 0.15) is 17.8 Å². The van der Waals surface area contributed by atoms with Gasteiger partial charge in [0.2, 0.25) is 0 Å². The summed E-state index contributed by atoms with van der Waals surface area (Å²) in [7, 11) is 0. The van der Waals surface area contributed by atoms with Crippen molar-refractivity contribution < 1.29 is 33.0 Å². The summed E-state index contributed by atoms with van der Waals surface area (Å²) in [5, 5.41) is 0. The van der Waals surface area contributed by atoms with E-state index in [1.54, 1.807) is 18.6 Å². The fourth-order valence-corrected chi connectivity index (χ4v) is 9.22. The van der Waals surface area contributed by atoms with Gasteiger partial charge in [0.05, 0.1) is 12.5 Å². The summed E-state index contributed by atoms with van der Waals surface area (Å²) in [5.41, 5.74) is -2.37. The summed E-state index contributed by atoms with van der Waals surface area (Å²) in [6.45, 7) is 12.0. The number of furan rings is 1. The molecular formula is C28H34O7. The number of hydrogen-bond donors (Lipinski definition) is 0. The molecule has 0 N–H and O–H groups in total. The van der Waals surface area contributed by atoms with Crippen molar-refractivity contribution in [2.24, 2.45) is 33.5 Å². The van der Waals surface area contributed by atoms with Gasteiger partial charge in [0.25, 0.3) is 0 Å². The summed E-state index contributed by atoms with van der Waals surface area (Å²) < 4.78 is 23.9. The van der Waals surface area contributed by atoms with E-state index in [2.05, 4.69) is 34.6 Å². The van der Waals surface area contributed by atoms with Gasteiger partial charge in [-0.15, -0.1) is 0 Å². The molecule has 188 valence electrons. The van der Waals surface area contributed by atoms with Crippen molar-refractivity contribution in [1.82, 2.24) is 0 Å². The monoisotopic (exact) mass is 482 g/mol. The third kappa shape index (κ3) is 2.48. The van der Waals surface area contributed by atoms with E-state index in [-0.39, 0.29) is 29.0 Å². The summed E-state index contributed by atoms with van der Waals surface area (Å²) in [5.74, 6) is -0.794. The Bertz CT molecular complexity index is 1150. The van der Waals surface area contributed by atoms with E-state index in [0.717, 1.165) is 12.0 Å². The van der Waals surface area contributed by atoms with Gasteiger partial charge in [-0.1, -0.05) is 40.7 Å². The Hall–Kier alpha value is -2.41. The SMILES string of the molecule is CC(=O)O[C@@H]1CC2C(C)(C)C=CC(=O)[C@]2(C)C2CC[C@@]3(C)[C@H](c4ccoc4)OC(=O)C4OC43[C@@]21C. The van der Waals surface area contributed by atoms with Gasteiger partial charge in [-0.25, -0.2) is 4.79 Å². The van der Waals surface area contributed by atoms with E-state index in [9.17, 15) is 14.4 Å². The lowest BCUT2D eigenvalue weighted by Gasteiger charge is -2.68. The van der Waals surface area contributed by atoms with Crippen LogP contribution in [0.3, 0.4) is 0 Å². The molecule has 2 saturated heterocycles. The van der Waals surface area contributed by atoms with Crippen molar-refractivity contribution in [1.29, 1.82) is 0 Å². The molecule has 1 aromatic heterocycles. The number of cyclic esters (lactones) is 1. The average Bonchev–Trinajstić information content (AvgIpc) is 3.35. The minimum absolute atomic E-state index is 0.00639. The van der Waals surface area contributed by atoms with Crippen molar-refractivity contribution in [3.63, 3.8) is 0 Å².